The van der Waals surface area contributed by atoms with Crippen molar-refractivity contribution < 1.29 is 4.79 Å². The molecule has 0 radical (unpaired) electrons. The maximum Gasteiger partial charge on any atom is 0.253 e. The molecule has 1 aliphatic carbocycles. The van der Waals surface area contributed by atoms with Crippen molar-refractivity contribution in [3.63, 3.8) is 0 Å². The molecule has 0 atom stereocenters. The van der Waals surface area contributed by atoms with Crippen LogP contribution in [0.3, 0.4) is 0 Å². The van der Waals surface area contributed by atoms with Crippen LogP contribution in [0.15, 0.2) is 5.16 Å². The molecule has 1 fully saturated rings. The van der Waals surface area contributed by atoms with Gasteiger partial charge in [0, 0.05) is 22.5 Å². The van der Waals surface area contributed by atoms with E-state index >= 15 is 0 Å². The Balaban J connectivity index is 1.79. The van der Waals surface area contributed by atoms with E-state index in [-0.39, 0.29) is 11.4 Å². The molecule has 0 unspecified atom stereocenters. The number of hydrogen-bond donors (Lipinski definition) is 1. The molecular formula is C18H27N5OS. The van der Waals surface area contributed by atoms with Gasteiger partial charge in [-0.15, -0.1) is 5.10 Å². The summed E-state index contributed by atoms with van der Waals surface area (Å²) in [6, 6.07) is 0. The lowest BCUT2D eigenvalue weighted by Gasteiger charge is -2.37. The zero-order chi connectivity index (χ0) is 18.2. The summed E-state index contributed by atoms with van der Waals surface area (Å²) in [4.78, 5) is 21.6. The van der Waals surface area contributed by atoms with Crippen LogP contribution in [0.2, 0.25) is 0 Å². The molecule has 0 aliphatic heterocycles. The second-order valence-corrected chi connectivity index (χ2v) is 8.31. The molecule has 136 valence electrons. The first-order valence-corrected chi connectivity index (χ1v) is 10.1. The summed E-state index contributed by atoms with van der Waals surface area (Å²) in [6.45, 7) is 8.37. The monoisotopic (exact) mass is 361 g/mol. The van der Waals surface area contributed by atoms with Crippen molar-refractivity contribution in [3.8, 4) is 0 Å². The van der Waals surface area contributed by atoms with E-state index in [2.05, 4.69) is 34.2 Å². The molecule has 25 heavy (non-hydrogen) atoms. The van der Waals surface area contributed by atoms with E-state index in [1.165, 1.54) is 24.6 Å². The van der Waals surface area contributed by atoms with Gasteiger partial charge in [-0.05, 0) is 58.6 Å². The van der Waals surface area contributed by atoms with Crippen LogP contribution in [0.4, 0.5) is 0 Å². The Labute approximate surface area is 153 Å². The van der Waals surface area contributed by atoms with E-state index in [4.69, 9.17) is 0 Å². The van der Waals surface area contributed by atoms with Gasteiger partial charge in [0.1, 0.15) is 0 Å². The summed E-state index contributed by atoms with van der Waals surface area (Å²) in [5.41, 5.74) is 2.65. The van der Waals surface area contributed by atoms with Gasteiger partial charge in [0.25, 0.3) is 5.78 Å². The van der Waals surface area contributed by atoms with Crippen LogP contribution in [-0.2, 0) is 11.2 Å². The molecule has 3 rings (SSSR count). The van der Waals surface area contributed by atoms with Crippen molar-refractivity contribution in [1.29, 1.82) is 0 Å². The molecule has 0 bridgehead atoms. The summed E-state index contributed by atoms with van der Waals surface area (Å²) in [5.74, 6) is 1.42. The molecule has 1 N–H and O–H groups in total. The minimum absolute atomic E-state index is 0.0645. The number of nitrogens with zero attached hydrogens (tertiary/aromatic N) is 4. The second-order valence-electron chi connectivity index (χ2n) is 7.54. The zero-order valence-electron chi connectivity index (χ0n) is 15.7. The lowest BCUT2D eigenvalue weighted by atomic mass is 9.78. The number of carbonyl (C=O) groups is 1. The third-order valence-corrected chi connectivity index (χ3v) is 5.91. The minimum atomic E-state index is -0.0811. The zero-order valence-corrected chi connectivity index (χ0v) is 16.5. The van der Waals surface area contributed by atoms with Crippen LogP contribution in [0.1, 0.15) is 56.5 Å². The fraction of sp³-hybridized carbons (Fsp3) is 0.667. The number of thioether (sulfide) groups is 1. The number of hydrogen-bond acceptors (Lipinski definition) is 5. The van der Waals surface area contributed by atoms with Gasteiger partial charge in [0.15, 0.2) is 0 Å². The third kappa shape index (κ3) is 3.81. The fourth-order valence-electron chi connectivity index (χ4n) is 3.60. The van der Waals surface area contributed by atoms with E-state index in [9.17, 15) is 4.79 Å². The maximum absolute atomic E-state index is 12.7. The van der Waals surface area contributed by atoms with Crippen molar-refractivity contribution in [2.75, 3.05) is 6.26 Å². The molecule has 1 aliphatic rings. The van der Waals surface area contributed by atoms with Gasteiger partial charge in [-0.1, -0.05) is 18.7 Å². The molecule has 0 aromatic carbocycles. The smallest absolute Gasteiger partial charge is 0.253 e. The van der Waals surface area contributed by atoms with Gasteiger partial charge < -0.3 is 5.32 Å². The fourth-order valence-corrected chi connectivity index (χ4v) is 3.93. The number of aryl methyl sites for hydroxylation is 2. The highest BCUT2D eigenvalue weighted by molar-refractivity contribution is 7.98. The Kier molecular flexibility index (Phi) is 5.04. The largest absolute Gasteiger partial charge is 0.351 e. The van der Waals surface area contributed by atoms with Crippen LogP contribution in [0.5, 0.6) is 0 Å². The Morgan fingerprint density at radius 1 is 1.32 bits per heavy atom. The Hall–Kier alpha value is -1.63. The van der Waals surface area contributed by atoms with E-state index in [0.717, 1.165) is 35.7 Å². The summed E-state index contributed by atoms with van der Waals surface area (Å²) < 4.78 is 1.74. The van der Waals surface area contributed by atoms with Crippen LogP contribution in [-0.4, -0.2) is 37.3 Å². The predicted molar refractivity (Wildman–Crippen MR) is 99.9 cm³/mol. The molecule has 6 nitrogen and oxygen atoms in total. The summed E-state index contributed by atoms with van der Waals surface area (Å²) in [6.07, 6.45) is 6.74. The van der Waals surface area contributed by atoms with E-state index in [1.807, 2.05) is 20.1 Å². The van der Waals surface area contributed by atoms with Gasteiger partial charge in [0.05, 0.1) is 6.42 Å². The van der Waals surface area contributed by atoms with Crippen LogP contribution >= 0.6 is 11.8 Å². The molecular weight excluding hydrogens is 334 g/mol. The SMILES string of the molecule is CSc1nc2nc(C)c(CC(=O)NC3(C)CCC(C)CC3)c(C)n2n1. The van der Waals surface area contributed by atoms with Gasteiger partial charge >= 0.3 is 0 Å². The molecule has 0 spiro atoms. The van der Waals surface area contributed by atoms with Crippen molar-refractivity contribution in [1.82, 2.24) is 24.9 Å². The summed E-state index contributed by atoms with van der Waals surface area (Å²) in [7, 11) is 0. The van der Waals surface area contributed by atoms with E-state index < -0.39 is 0 Å². The Morgan fingerprint density at radius 2 is 2.00 bits per heavy atom. The van der Waals surface area contributed by atoms with Crippen molar-refractivity contribution in [3.05, 3.63) is 17.0 Å². The normalized spacial score (nSPS) is 23.8. The second kappa shape index (κ2) is 6.94. The van der Waals surface area contributed by atoms with E-state index in [0.29, 0.717) is 17.4 Å². The average molecular weight is 362 g/mol. The Morgan fingerprint density at radius 3 is 2.64 bits per heavy atom. The Bertz CT molecular complexity index is 792. The van der Waals surface area contributed by atoms with Crippen LogP contribution in [0.25, 0.3) is 5.78 Å². The van der Waals surface area contributed by atoms with E-state index in [1.54, 1.807) is 4.52 Å². The van der Waals surface area contributed by atoms with Gasteiger partial charge in [-0.25, -0.2) is 9.50 Å². The quantitative estimate of drug-likeness (QED) is 0.847. The lowest BCUT2D eigenvalue weighted by molar-refractivity contribution is -0.122. The lowest BCUT2D eigenvalue weighted by Crippen LogP contribution is -2.48. The minimum Gasteiger partial charge on any atom is -0.351 e. The molecule has 7 heteroatoms. The molecule has 1 saturated carbocycles. The van der Waals surface area contributed by atoms with Crippen molar-refractivity contribution in [2.24, 2.45) is 5.92 Å². The first-order valence-electron chi connectivity index (χ1n) is 8.89. The predicted octanol–water partition coefficient (Wildman–Crippen LogP) is 3.09. The number of carbonyl (C=O) groups excluding carboxylic acids is 1. The first kappa shape index (κ1) is 18.2. The van der Waals surface area contributed by atoms with Gasteiger partial charge in [-0.3, -0.25) is 4.79 Å². The molecule has 2 heterocycles. The highest BCUT2D eigenvalue weighted by atomic mass is 32.2. The highest BCUT2D eigenvalue weighted by Gasteiger charge is 2.31. The summed E-state index contributed by atoms with van der Waals surface area (Å²) in [5, 5.41) is 8.41. The number of nitrogens with one attached hydrogen (secondary N) is 1. The topological polar surface area (TPSA) is 72.2 Å². The van der Waals surface area contributed by atoms with Crippen molar-refractivity contribution in [2.45, 2.75) is 70.5 Å². The van der Waals surface area contributed by atoms with Crippen molar-refractivity contribution >= 4 is 23.4 Å². The van der Waals surface area contributed by atoms with Crippen LogP contribution in [0, 0.1) is 19.8 Å². The van der Waals surface area contributed by atoms with Crippen LogP contribution < -0.4 is 5.32 Å². The molecule has 2 aromatic rings. The average Bonchev–Trinajstić information content (AvgIpc) is 2.97. The maximum atomic E-state index is 12.7. The number of aromatic nitrogens is 4. The standard InChI is InChI=1S/C18H27N5OS/c1-11-6-8-18(4,9-7-11)21-15(24)10-14-12(2)19-16-20-17(25-5)22-23(16)13(14)3/h11H,6-10H2,1-5H3,(H,21,24). The molecule has 0 saturated heterocycles. The molecule has 2 aromatic heterocycles. The summed E-state index contributed by atoms with van der Waals surface area (Å²) >= 11 is 1.49. The van der Waals surface area contributed by atoms with Gasteiger partial charge in [0.2, 0.25) is 11.1 Å². The number of rotatable bonds is 4. The first-order chi connectivity index (χ1) is 11.8. The highest BCUT2D eigenvalue weighted by Crippen LogP contribution is 2.31. The third-order valence-electron chi connectivity index (χ3n) is 5.37. The molecule has 1 amide bonds. The number of amides is 1. The van der Waals surface area contributed by atoms with Gasteiger partial charge in [-0.2, -0.15) is 4.98 Å². The number of fused-ring (bicyclic) bond motifs is 1.